The zero-order chi connectivity index (χ0) is 17.4. The second-order valence-electron chi connectivity index (χ2n) is 4.67. The van der Waals surface area contributed by atoms with Gasteiger partial charge in [-0.05, 0) is 31.5 Å². The molecule has 0 spiro atoms. The molecule has 2 N–H and O–H groups in total. The van der Waals surface area contributed by atoms with Crippen LogP contribution in [0.4, 0.5) is 19.4 Å². The Balaban J connectivity index is 3.15. The Hall–Kier alpha value is -1.84. The summed E-state index contributed by atoms with van der Waals surface area (Å²) in [6.07, 6.45) is 0. The number of amides is 2. The number of likely N-dealkylation sites (N-methyl/N-ethyl adjacent to an activating group) is 1. The normalized spacial score (nSPS) is 16.3. The fourth-order valence-corrected chi connectivity index (χ4v) is 2.57. The molecular formula is C12H15F5N2O2S. The van der Waals surface area contributed by atoms with E-state index in [0.29, 0.717) is 0 Å². The van der Waals surface area contributed by atoms with Gasteiger partial charge in [0.25, 0.3) is 0 Å². The first-order valence-corrected chi connectivity index (χ1v) is 8.07. The van der Waals surface area contributed by atoms with Crippen LogP contribution in [-0.4, -0.2) is 23.3 Å². The highest BCUT2D eigenvalue weighted by molar-refractivity contribution is 8.45. The molecule has 0 saturated heterocycles. The van der Waals surface area contributed by atoms with E-state index in [1.165, 1.54) is 6.92 Å². The molecule has 4 nitrogen and oxygen atoms in total. The molecule has 0 saturated carbocycles. The lowest BCUT2D eigenvalue weighted by molar-refractivity contribution is -0.145. The van der Waals surface area contributed by atoms with Crippen LogP contribution in [0.3, 0.4) is 0 Å². The van der Waals surface area contributed by atoms with Crippen molar-refractivity contribution in [1.29, 1.82) is 0 Å². The minimum absolute atomic E-state index is 0.0756. The van der Waals surface area contributed by atoms with Crippen molar-refractivity contribution in [2.45, 2.75) is 24.8 Å². The van der Waals surface area contributed by atoms with Gasteiger partial charge in [-0.25, -0.2) is 0 Å². The van der Waals surface area contributed by atoms with Crippen molar-refractivity contribution in [3.8, 4) is 0 Å². The third-order valence-corrected chi connectivity index (χ3v) is 4.25. The summed E-state index contributed by atoms with van der Waals surface area (Å²) < 4.78 is 63.1. The van der Waals surface area contributed by atoms with E-state index in [-0.39, 0.29) is 24.2 Å². The van der Waals surface area contributed by atoms with Crippen molar-refractivity contribution in [1.82, 2.24) is 4.90 Å². The summed E-state index contributed by atoms with van der Waals surface area (Å²) in [5, 5.41) is 0. The number of carbonyl (C=O) groups excluding carboxylic acids is 2. The number of hydrogen-bond acceptors (Lipinski definition) is 2. The first-order valence-electron chi connectivity index (χ1n) is 6.12. The molecule has 10 heteroatoms. The molecule has 1 rings (SSSR count). The van der Waals surface area contributed by atoms with E-state index in [4.69, 9.17) is 5.73 Å². The standard InChI is InChI=1S/C12H15F5N2O2S/c1-3-19(12(21)11(18)20)8(2)9-4-6-10(7-5-9)22(13,14,15,16)17/h4-8H,3H2,1-2H3,(H2,18,20). The largest absolute Gasteiger partial charge is 0.361 e. The Morgan fingerprint density at radius 1 is 1.14 bits per heavy atom. The van der Waals surface area contributed by atoms with Gasteiger partial charge in [0.15, 0.2) is 0 Å². The van der Waals surface area contributed by atoms with Crippen LogP contribution in [0.5, 0.6) is 0 Å². The second-order valence-corrected chi connectivity index (χ2v) is 7.08. The molecule has 1 unspecified atom stereocenters. The highest BCUT2D eigenvalue weighted by Crippen LogP contribution is 3.02. The van der Waals surface area contributed by atoms with E-state index in [2.05, 4.69) is 0 Å². The maximum absolute atomic E-state index is 12.6. The predicted molar refractivity (Wildman–Crippen MR) is 72.8 cm³/mol. The van der Waals surface area contributed by atoms with Crippen LogP contribution in [0.2, 0.25) is 0 Å². The predicted octanol–water partition coefficient (Wildman–Crippen LogP) is 3.74. The van der Waals surface area contributed by atoms with Gasteiger partial charge < -0.3 is 10.6 Å². The first kappa shape index (κ1) is 18.2. The lowest BCUT2D eigenvalue weighted by atomic mass is 10.1. The Kier molecular flexibility index (Phi) is 4.00. The van der Waals surface area contributed by atoms with Crippen molar-refractivity contribution >= 4 is 22.0 Å². The van der Waals surface area contributed by atoms with Crippen molar-refractivity contribution in [3.05, 3.63) is 29.8 Å². The van der Waals surface area contributed by atoms with Gasteiger partial charge in [0.05, 0.1) is 6.04 Å². The third kappa shape index (κ3) is 4.09. The van der Waals surface area contributed by atoms with E-state index in [1.807, 2.05) is 0 Å². The van der Waals surface area contributed by atoms with Crippen LogP contribution >= 0.6 is 10.2 Å². The maximum atomic E-state index is 12.6. The van der Waals surface area contributed by atoms with E-state index >= 15 is 0 Å². The summed E-state index contributed by atoms with van der Waals surface area (Å²) in [6, 6.07) is 1.41. The van der Waals surface area contributed by atoms with Crippen molar-refractivity contribution in [2.75, 3.05) is 6.54 Å². The summed E-state index contributed by atoms with van der Waals surface area (Å²) >= 11 is 0. The average Bonchev–Trinajstić information content (AvgIpc) is 2.36. The number of primary amides is 1. The van der Waals surface area contributed by atoms with Gasteiger partial charge in [0.1, 0.15) is 4.90 Å². The Bertz CT molecular complexity index is 600. The van der Waals surface area contributed by atoms with Crippen LogP contribution < -0.4 is 5.73 Å². The van der Waals surface area contributed by atoms with E-state index in [0.717, 1.165) is 17.0 Å². The summed E-state index contributed by atoms with van der Waals surface area (Å²) in [4.78, 5) is 21.5. The number of rotatable bonds is 4. The van der Waals surface area contributed by atoms with E-state index < -0.39 is 33.0 Å². The Morgan fingerprint density at radius 2 is 1.59 bits per heavy atom. The zero-order valence-corrected chi connectivity index (χ0v) is 12.5. The van der Waals surface area contributed by atoms with Gasteiger partial charge in [-0.15, -0.1) is 0 Å². The van der Waals surface area contributed by atoms with Crippen LogP contribution in [0, 0.1) is 0 Å². The summed E-state index contributed by atoms with van der Waals surface area (Å²) in [7, 11) is -9.73. The topological polar surface area (TPSA) is 63.4 Å². The molecule has 0 bridgehead atoms. The smallest absolute Gasteiger partial charge is 0.312 e. The number of hydrogen-bond donors (Lipinski definition) is 1. The van der Waals surface area contributed by atoms with Gasteiger partial charge in [-0.1, -0.05) is 31.6 Å². The Morgan fingerprint density at radius 3 is 1.91 bits per heavy atom. The zero-order valence-electron chi connectivity index (χ0n) is 11.7. The van der Waals surface area contributed by atoms with Gasteiger partial charge in [0.2, 0.25) is 0 Å². The molecular weight excluding hydrogens is 331 g/mol. The highest BCUT2D eigenvalue weighted by atomic mass is 32.5. The van der Waals surface area contributed by atoms with E-state index in [1.54, 1.807) is 6.92 Å². The number of halogens is 5. The summed E-state index contributed by atoms with van der Waals surface area (Å²) in [6.45, 7) is 3.06. The fraction of sp³-hybridized carbons (Fsp3) is 0.333. The molecule has 22 heavy (non-hydrogen) atoms. The molecule has 0 aliphatic rings. The number of nitrogens with two attached hydrogens (primary N) is 1. The monoisotopic (exact) mass is 346 g/mol. The van der Waals surface area contributed by atoms with Crippen LogP contribution in [0.25, 0.3) is 0 Å². The highest BCUT2D eigenvalue weighted by Gasteiger charge is 2.65. The molecule has 0 aliphatic carbocycles. The summed E-state index contributed by atoms with van der Waals surface area (Å²) in [5.74, 6) is -2.22. The van der Waals surface area contributed by atoms with E-state index in [9.17, 15) is 29.0 Å². The van der Waals surface area contributed by atoms with Gasteiger partial charge >= 0.3 is 22.0 Å². The van der Waals surface area contributed by atoms with Crippen LogP contribution in [-0.2, 0) is 9.59 Å². The molecule has 0 aromatic heterocycles. The molecule has 0 heterocycles. The van der Waals surface area contributed by atoms with Gasteiger partial charge in [-0.2, -0.15) is 0 Å². The number of carbonyl (C=O) groups is 2. The Labute approximate surface area is 123 Å². The molecule has 0 fully saturated rings. The molecule has 1 aromatic carbocycles. The summed E-state index contributed by atoms with van der Waals surface area (Å²) in [5.41, 5.74) is 5.04. The SMILES string of the molecule is CCN(C(=O)C(N)=O)C(C)c1ccc(S(F)(F)(F)(F)F)cc1. The fourth-order valence-electron chi connectivity index (χ4n) is 1.92. The average molecular weight is 346 g/mol. The lowest BCUT2D eigenvalue weighted by Crippen LogP contribution is -2.41. The molecule has 0 aliphatic heterocycles. The van der Waals surface area contributed by atoms with Gasteiger partial charge in [0, 0.05) is 6.54 Å². The number of benzene rings is 1. The van der Waals surface area contributed by atoms with Crippen molar-refractivity contribution in [3.63, 3.8) is 0 Å². The second kappa shape index (κ2) is 4.83. The van der Waals surface area contributed by atoms with Crippen LogP contribution in [0.15, 0.2) is 29.2 Å². The van der Waals surface area contributed by atoms with Crippen molar-refractivity contribution in [2.24, 2.45) is 5.73 Å². The minimum Gasteiger partial charge on any atom is -0.361 e. The molecule has 0 radical (unpaired) electrons. The maximum Gasteiger partial charge on any atom is 0.312 e. The van der Waals surface area contributed by atoms with Gasteiger partial charge in [-0.3, -0.25) is 9.59 Å². The first-order chi connectivity index (χ1) is 9.67. The van der Waals surface area contributed by atoms with Crippen molar-refractivity contribution < 1.29 is 29.0 Å². The third-order valence-electron chi connectivity index (χ3n) is 3.09. The lowest BCUT2D eigenvalue weighted by Gasteiger charge is -2.40. The number of nitrogens with zero attached hydrogens (tertiary/aromatic N) is 1. The molecule has 1 aromatic rings. The van der Waals surface area contributed by atoms with Crippen LogP contribution in [0.1, 0.15) is 25.5 Å². The minimum atomic E-state index is -9.73. The molecule has 126 valence electrons. The molecule has 1 atom stereocenters. The quantitative estimate of drug-likeness (QED) is 0.667. The molecule has 2 amide bonds.